The van der Waals surface area contributed by atoms with Gasteiger partial charge in [0.05, 0.1) is 18.7 Å². The van der Waals surface area contributed by atoms with Gasteiger partial charge in [0.25, 0.3) is 0 Å². The van der Waals surface area contributed by atoms with Crippen LogP contribution in [-0.4, -0.2) is 46.9 Å². The van der Waals surface area contributed by atoms with Crippen LogP contribution in [-0.2, 0) is 4.74 Å². The van der Waals surface area contributed by atoms with E-state index in [1.165, 1.54) is 17.0 Å². The number of hydrogen-bond donors (Lipinski definition) is 1. The van der Waals surface area contributed by atoms with E-state index in [1.54, 1.807) is 45.0 Å². The fourth-order valence-corrected chi connectivity index (χ4v) is 3.37. The third-order valence-electron chi connectivity index (χ3n) is 4.20. The van der Waals surface area contributed by atoms with Crippen LogP contribution < -0.4 is 4.74 Å². The summed E-state index contributed by atoms with van der Waals surface area (Å²) >= 11 is 12.2. The lowest BCUT2D eigenvalue weighted by Gasteiger charge is -2.39. The number of rotatable bonds is 4. The van der Waals surface area contributed by atoms with Crippen LogP contribution in [0.3, 0.4) is 0 Å². The van der Waals surface area contributed by atoms with E-state index in [0.717, 1.165) is 0 Å². The molecule has 154 valence electrons. The maximum absolute atomic E-state index is 12.0. The number of nitrogens with zero attached hydrogens (tertiary/aromatic N) is 1. The number of carbonyl (C=O) groups is 2. The Morgan fingerprint density at radius 1 is 1.10 bits per heavy atom. The molecule has 0 spiro atoms. The Morgan fingerprint density at radius 3 is 2.38 bits per heavy atom. The largest absolute Gasteiger partial charge is 0.487 e. The summed E-state index contributed by atoms with van der Waals surface area (Å²) in [6, 6.07) is 9.70. The third-order valence-corrected chi connectivity index (χ3v) is 4.75. The highest BCUT2D eigenvalue weighted by Gasteiger charge is 2.35. The average Bonchev–Trinajstić information content (AvgIpc) is 2.55. The molecule has 0 saturated carbocycles. The van der Waals surface area contributed by atoms with Crippen molar-refractivity contribution in [2.75, 3.05) is 13.1 Å². The van der Waals surface area contributed by atoms with E-state index >= 15 is 0 Å². The summed E-state index contributed by atoms with van der Waals surface area (Å²) in [6.45, 7) is 6.14. The fourth-order valence-electron chi connectivity index (χ4n) is 2.85. The molecule has 1 aliphatic heterocycles. The summed E-state index contributed by atoms with van der Waals surface area (Å²) in [6.07, 6.45) is -0.648. The lowest BCUT2D eigenvalue weighted by molar-refractivity contribution is -0.0221. The highest BCUT2D eigenvalue weighted by Crippen LogP contribution is 2.34. The number of carboxylic acids is 1. The van der Waals surface area contributed by atoms with Crippen molar-refractivity contribution in [2.45, 2.75) is 32.5 Å². The van der Waals surface area contributed by atoms with E-state index in [1.807, 2.05) is 0 Å². The van der Waals surface area contributed by atoms with Crippen LogP contribution in [0.25, 0.3) is 11.1 Å². The monoisotopic (exact) mass is 437 g/mol. The normalized spacial score (nSPS) is 14.3. The van der Waals surface area contributed by atoms with Crippen LogP contribution in [0, 0.1) is 0 Å². The lowest BCUT2D eigenvalue weighted by Crippen LogP contribution is -2.57. The molecule has 3 rings (SSSR count). The first-order valence-corrected chi connectivity index (χ1v) is 9.76. The quantitative estimate of drug-likeness (QED) is 0.696. The Labute approximate surface area is 178 Å². The van der Waals surface area contributed by atoms with Gasteiger partial charge in [-0.3, -0.25) is 0 Å². The molecule has 0 aromatic heterocycles. The van der Waals surface area contributed by atoms with Crippen LogP contribution in [0.5, 0.6) is 5.75 Å². The first-order valence-electron chi connectivity index (χ1n) is 9.00. The lowest BCUT2D eigenvalue weighted by atomic mass is 10.0. The zero-order chi connectivity index (χ0) is 21.3. The maximum Gasteiger partial charge on any atom is 0.410 e. The van der Waals surface area contributed by atoms with Gasteiger partial charge in [0.15, 0.2) is 0 Å². The Kier molecular flexibility index (Phi) is 5.96. The highest BCUT2D eigenvalue weighted by atomic mass is 35.5. The van der Waals surface area contributed by atoms with E-state index in [9.17, 15) is 14.7 Å². The summed E-state index contributed by atoms with van der Waals surface area (Å²) in [5, 5.41) is 10.3. The molecule has 2 aromatic carbocycles. The van der Waals surface area contributed by atoms with Gasteiger partial charge in [-0.2, -0.15) is 0 Å². The number of benzene rings is 2. The summed E-state index contributed by atoms with van der Waals surface area (Å²) in [7, 11) is 0. The van der Waals surface area contributed by atoms with Crippen molar-refractivity contribution in [2.24, 2.45) is 0 Å². The molecule has 1 saturated heterocycles. The number of amides is 1. The van der Waals surface area contributed by atoms with Crippen molar-refractivity contribution in [1.29, 1.82) is 0 Å². The summed E-state index contributed by atoms with van der Waals surface area (Å²) in [4.78, 5) is 25.1. The van der Waals surface area contributed by atoms with E-state index < -0.39 is 17.7 Å². The second kappa shape index (κ2) is 8.13. The standard InChI is InChI=1S/C21H21Cl2NO5/c1-21(2,3)29-20(27)24-10-16(11-24)28-15-7-12(6-13(8-15)19(25)26)17-5-4-14(22)9-18(17)23/h4-9,16H,10-11H2,1-3H3,(H,25,26). The van der Waals surface area contributed by atoms with Gasteiger partial charge in [-0.05, 0) is 56.7 Å². The molecule has 0 atom stereocenters. The van der Waals surface area contributed by atoms with Crippen molar-refractivity contribution in [1.82, 2.24) is 4.90 Å². The number of aromatic carboxylic acids is 1. The van der Waals surface area contributed by atoms with Crippen LogP contribution >= 0.6 is 23.2 Å². The maximum atomic E-state index is 12.0. The van der Waals surface area contributed by atoms with E-state index in [4.69, 9.17) is 32.7 Å². The second-order valence-electron chi connectivity index (χ2n) is 7.80. The van der Waals surface area contributed by atoms with Gasteiger partial charge in [0, 0.05) is 15.6 Å². The van der Waals surface area contributed by atoms with Gasteiger partial charge in [-0.1, -0.05) is 29.3 Å². The molecular weight excluding hydrogens is 417 g/mol. The topological polar surface area (TPSA) is 76.1 Å². The molecule has 6 nitrogen and oxygen atoms in total. The molecule has 1 heterocycles. The fraction of sp³-hybridized carbons (Fsp3) is 0.333. The molecule has 1 amide bonds. The van der Waals surface area contributed by atoms with Crippen molar-refractivity contribution in [3.05, 3.63) is 52.0 Å². The van der Waals surface area contributed by atoms with Crippen molar-refractivity contribution >= 4 is 35.3 Å². The first kappa shape index (κ1) is 21.3. The summed E-state index contributed by atoms with van der Waals surface area (Å²) in [5.74, 6) is -0.689. The zero-order valence-electron chi connectivity index (χ0n) is 16.2. The molecule has 0 radical (unpaired) electrons. The van der Waals surface area contributed by atoms with Gasteiger partial charge in [-0.25, -0.2) is 9.59 Å². The number of likely N-dealkylation sites (tertiary alicyclic amines) is 1. The Morgan fingerprint density at radius 2 is 1.79 bits per heavy atom. The second-order valence-corrected chi connectivity index (χ2v) is 8.64. The van der Waals surface area contributed by atoms with Gasteiger partial charge < -0.3 is 19.5 Å². The minimum Gasteiger partial charge on any atom is -0.487 e. The van der Waals surface area contributed by atoms with Crippen LogP contribution in [0.1, 0.15) is 31.1 Å². The van der Waals surface area contributed by atoms with E-state index in [-0.39, 0.29) is 11.7 Å². The highest BCUT2D eigenvalue weighted by molar-refractivity contribution is 6.36. The van der Waals surface area contributed by atoms with Gasteiger partial charge in [-0.15, -0.1) is 0 Å². The number of hydrogen-bond acceptors (Lipinski definition) is 4. The predicted molar refractivity (Wildman–Crippen MR) is 111 cm³/mol. The van der Waals surface area contributed by atoms with Crippen molar-refractivity contribution < 1.29 is 24.2 Å². The number of carboxylic acid groups (broad SMARTS) is 1. The molecule has 29 heavy (non-hydrogen) atoms. The summed E-state index contributed by atoms with van der Waals surface area (Å²) < 4.78 is 11.2. The van der Waals surface area contributed by atoms with Gasteiger partial charge in [0.2, 0.25) is 0 Å². The molecule has 0 unspecified atom stereocenters. The minimum absolute atomic E-state index is 0.0758. The van der Waals surface area contributed by atoms with Crippen molar-refractivity contribution in [3.63, 3.8) is 0 Å². The Hall–Kier alpha value is -2.44. The zero-order valence-corrected chi connectivity index (χ0v) is 17.8. The molecule has 0 aliphatic carbocycles. The SMILES string of the molecule is CC(C)(C)OC(=O)N1CC(Oc2cc(C(=O)O)cc(-c3ccc(Cl)cc3Cl)c2)C1. The number of carbonyl (C=O) groups excluding carboxylic acids is 1. The molecule has 0 bridgehead atoms. The molecular formula is C21H21Cl2NO5. The van der Waals surface area contributed by atoms with Crippen LogP contribution in [0.15, 0.2) is 36.4 Å². The summed E-state index contributed by atoms with van der Waals surface area (Å²) in [5.41, 5.74) is 0.760. The Bertz CT molecular complexity index is 949. The first-order chi connectivity index (χ1) is 13.5. The van der Waals surface area contributed by atoms with Crippen LogP contribution in [0.2, 0.25) is 10.0 Å². The minimum atomic E-state index is -1.08. The van der Waals surface area contributed by atoms with Crippen molar-refractivity contribution in [3.8, 4) is 16.9 Å². The molecule has 1 N–H and O–H groups in total. The predicted octanol–water partition coefficient (Wildman–Crippen LogP) is 5.36. The molecule has 8 heteroatoms. The van der Waals surface area contributed by atoms with Gasteiger partial charge in [0.1, 0.15) is 17.5 Å². The molecule has 1 fully saturated rings. The number of halogens is 2. The van der Waals surface area contributed by atoms with Crippen LogP contribution in [0.4, 0.5) is 4.79 Å². The molecule has 2 aromatic rings. The molecule has 1 aliphatic rings. The third kappa shape index (κ3) is 5.34. The smallest absolute Gasteiger partial charge is 0.410 e. The van der Waals surface area contributed by atoms with Gasteiger partial charge >= 0.3 is 12.1 Å². The average molecular weight is 438 g/mol. The number of ether oxygens (including phenoxy) is 2. The van der Waals surface area contributed by atoms with E-state index in [0.29, 0.717) is 40.0 Å². The Balaban J connectivity index is 1.76. The van der Waals surface area contributed by atoms with E-state index in [2.05, 4.69) is 0 Å².